The van der Waals surface area contributed by atoms with Gasteiger partial charge in [0.05, 0.1) is 12.7 Å². The summed E-state index contributed by atoms with van der Waals surface area (Å²) in [6.45, 7) is 8.80. The van der Waals surface area contributed by atoms with E-state index in [-0.39, 0.29) is 0 Å². The van der Waals surface area contributed by atoms with Crippen LogP contribution in [0.15, 0.2) is 35.5 Å². The van der Waals surface area contributed by atoms with Crippen LogP contribution in [-0.2, 0) is 19.4 Å². The maximum Gasteiger partial charge on any atom is 0.191 e. The highest BCUT2D eigenvalue weighted by Crippen LogP contribution is 2.10. The first-order valence-corrected chi connectivity index (χ1v) is 8.82. The Morgan fingerprint density at radius 2 is 1.92 bits per heavy atom. The van der Waals surface area contributed by atoms with Crippen molar-refractivity contribution in [2.24, 2.45) is 4.99 Å². The second-order valence-electron chi connectivity index (χ2n) is 5.87. The summed E-state index contributed by atoms with van der Waals surface area (Å²) < 4.78 is 0. The second-order valence-corrected chi connectivity index (χ2v) is 5.87. The molecule has 2 rings (SSSR count). The molecule has 3 N–H and O–H groups in total. The zero-order valence-corrected chi connectivity index (χ0v) is 15.0. The van der Waals surface area contributed by atoms with Gasteiger partial charge in [0.2, 0.25) is 0 Å². The van der Waals surface area contributed by atoms with Crippen LogP contribution in [0.25, 0.3) is 0 Å². The van der Waals surface area contributed by atoms with E-state index in [9.17, 15) is 0 Å². The van der Waals surface area contributed by atoms with Crippen molar-refractivity contribution >= 4 is 5.96 Å². The van der Waals surface area contributed by atoms with Gasteiger partial charge in [-0.3, -0.25) is 5.10 Å². The molecular formula is C19H29N5. The molecule has 0 atom stereocenters. The average molecular weight is 327 g/mol. The minimum atomic E-state index is 0.709. The third kappa shape index (κ3) is 5.41. The molecule has 0 spiro atoms. The summed E-state index contributed by atoms with van der Waals surface area (Å²) in [6.07, 6.45) is 5.03. The normalized spacial score (nSPS) is 11.5. The van der Waals surface area contributed by atoms with Crippen molar-refractivity contribution in [3.8, 4) is 0 Å². The predicted molar refractivity (Wildman–Crippen MR) is 100 cm³/mol. The highest BCUT2D eigenvalue weighted by molar-refractivity contribution is 5.79. The summed E-state index contributed by atoms with van der Waals surface area (Å²) in [5, 5.41) is 13.8. The Morgan fingerprint density at radius 3 is 2.58 bits per heavy atom. The van der Waals surface area contributed by atoms with Crippen LogP contribution in [0, 0.1) is 6.92 Å². The molecular weight excluding hydrogens is 298 g/mol. The Morgan fingerprint density at radius 1 is 1.12 bits per heavy atom. The zero-order valence-electron chi connectivity index (χ0n) is 15.0. The molecule has 2 aromatic rings. The van der Waals surface area contributed by atoms with Crippen molar-refractivity contribution in [1.82, 2.24) is 20.8 Å². The fourth-order valence-corrected chi connectivity index (χ4v) is 2.68. The van der Waals surface area contributed by atoms with Crippen LogP contribution in [0.2, 0.25) is 0 Å². The van der Waals surface area contributed by atoms with Crippen LogP contribution in [-0.4, -0.2) is 29.2 Å². The van der Waals surface area contributed by atoms with E-state index in [1.54, 1.807) is 0 Å². The smallest absolute Gasteiger partial charge is 0.191 e. The van der Waals surface area contributed by atoms with Gasteiger partial charge in [-0.05, 0) is 49.8 Å². The molecule has 0 saturated carbocycles. The quantitative estimate of drug-likeness (QED) is 0.397. The van der Waals surface area contributed by atoms with Crippen LogP contribution in [0.5, 0.6) is 0 Å². The first kappa shape index (κ1) is 18.0. The number of nitrogens with zero attached hydrogens (tertiary/aromatic N) is 2. The van der Waals surface area contributed by atoms with Crippen LogP contribution in [0.4, 0.5) is 0 Å². The second kappa shape index (κ2) is 9.75. The molecule has 0 aliphatic carbocycles. The number of aromatic amines is 1. The topological polar surface area (TPSA) is 65.1 Å². The van der Waals surface area contributed by atoms with Crippen LogP contribution in [0.3, 0.4) is 0 Å². The van der Waals surface area contributed by atoms with Crippen molar-refractivity contribution in [1.29, 1.82) is 0 Å². The Kier molecular flexibility index (Phi) is 7.33. The van der Waals surface area contributed by atoms with Crippen molar-refractivity contribution in [2.45, 2.75) is 46.6 Å². The van der Waals surface area contributed by atoms with E-state index in [2.05, 4.69) is 65.9 Å². The molecule has 1 aromatic heterocycles. The molecule has 1 heterocycles. The molecule has 0 aliphatic heterocycles. The maximum atomic E-state index is 4.72. The molecule has 0 bridgehead atoms. The van der Waals surface area contributed by atoms with Gasteiger partial charge < -0.3 is 10.6 Å². The van der Waals surface area contributed by atoms with E-state index in [4.69, 9.17) is 4.99 Å². The molecule has 1 aromatic carbocycles. The van der Waals surface area contributed by atoms with Crippen LogP contribution in [0.1, 0.15) is 42.7 Å². The van der Waals surface area contributed by atoms with Crippen molar-refractivity contribution < 1.29 is 0 Å². The lowest BCUT2D eigenvalue weighted by Gasteiger charge is -2.12. The van der Waals surface area contributed by atoms with Crippen molar-refractivity contribution in [3.63, 3.8) is 0 Å². The Bertz CT molecular complexity index is 645. The summed E-state index contributed by atoms with van der Waals surface area (Å²) in [6, 6.07) is 8.51. The molecule has 0 saturated heterocycles. The molecule has 0 fully saturated rings. The average Bonchev–Trinajstić information content (AvgIpc) is 3.01. The third-order valence-electron chi connectivity index (χ3n) is 4.10. The van der Waals surface area contributed by atoms with Gasteiger partial charge in [-0.15, -0.1) is 0 Å². The third-order valence-corrected chi connectivity index (χ3v) is 4.10. The summed E-state index contributed by atoms with van der Waals surface area (Å²) in [4.78, 5) is 4.72. The van der Waals surface area contributed by atoms with E-state index in [1.165, 1.54) is 16.7 Å². The monoisotopic (exact) mass is 327 g/mol. The lowest BCUT2D eigenvalue weighted by Crippen LogP contribution is -2.37. The van der Waals surface area contributed by atoms with E-state index in [0.29, 0.717) is 6.54 Å². The number of rotatable bonds is 8. The Labute approximate surface area is 145 Å². The number of H-pyrrole nitrogens is 1. The summed E-state index contributed by atoms with van der Waals surface area (Å²) in [5.74, 6) is 0.882. The SMILES string of the molecule is CCNC(=NCc1ccccc1CC)NCCCc1cn[nH]c1C. The molecule has 0 radical (unpaired) electrons. The molecule has 0 amide bonds. The number of nitrogens with one attached hydrogen (secondary N) is 3. The lowest BCUT2D eigenvalue weighted by atomic mass is 10.1. The summed E-state index contributed by atoms with van der Waals surface area (Å²) in [5.41, 5.74) is 5.11. The van der Waals surface area contributed by atoms with E-state index in [0.717, 1.165) is 44.0 Å². The number of aliphatic imine (C=N–C) groups is 1. The highest BCUT2D eigenvalue weighted by atomic mass is 15.2. The number of benzene rings is 1. The lowest BCUT2D eigenvalue weighted by molar-refractivity contribution is 0.741. The number of aromatic nitrogens is 2. The molecule has 24 heavy (non-hydrogen) atoms. The van der Waals surface area contributed by atoms with Gasteiger partial charge in [-0.2, -0.15) is 5.10 Å². The zero-order chi connectivity index (χ0) is 17.2. The number of guanidine groups is 1. The minimum Gasteiger partial charge on any atom is -0.357 e. The maximum absolute atomic E-state index is 4.72. The molecule has 0 aliphatic rings. The summed E-state index contributed by atoms with van der Waals surface area (Å²) >= 11 is 0. The predicted octanol–water partition coefficient (Wildman–Crippen LogP) is 2.97. The van der Waals surface area contributed by atoms with Gasteiger partial charge in [-0.1, -0.05) is 31.2 Å². The van der Waals surface area contributed by atoms with Crippen molar-refractivity contribution in [2.75, 3.05) is 13.1 Å². The number of hydrogen-bond acceptors (Lipinski definition) is 2. The van der Waals surface area contributed by atoms with Crippen molar-refractivity contribution in [3.05, 3.63) is 52.8 Å². The number of hydrogen-bond donors (Lipinski definition) is 3. The highest BCUT2D eigenvalue weighted by Gasteiger charge is 2.02. The first-order valence-electron chi connectivity index (χ1n) is 8.82. The molecule has 5 nitrogen and oxygen atoms in total. The van der Waals surface area contributed by atoms with Gasteiger partial charge in [-0.25, -0.2) is 4.99 Å². The van der Waals surface area contributed by atoms with Gasteiger partial charge in [0.15, 0.2) is 5.96 Å². The van der Waals surface area contributed by atoms with Crippen LogP contribution < -0.4 is 10.6 Å². The van der Waals surface area contributed by atoms with Gasteiger partial charge >= 0.3 is 0 Å². The first-order chi connectivity index (χ1) is 11.7. The largest absolute Gasteiger partial charge is 0.357 e. The van der Waals surface area contributed by atoms with Gasteiger partial charge in [0.25, 0.3) is 0 Å². The van der Waals surface area contributed by atoms with E-state index in [1.807, 2.05) is 6.20 Å². The van der Waals surface area contributed by atoms with Crippen LogP contribution >= 0.6 is 0 Å². The summed E-state index contributed by atoms with van der Waals surface area (Å²) in [7, 11) is 0. The Balaban J connectivity index is 1.85. The fourth-order valence-electron chi connectivity index (χ4n) is 2.68. The van der Waals surface area contributed by atoms with E-state index < -0.39 is 0 Å². The standard InChI is InChI=1S/C19H29N5/c1-4-16-9-6-7-10-18(16)13-22-19(20-5-2)21-12-8-11-17-14-23-24-15(17)3/h6-7,9-10,14H,4-5,8,11-13H2,1-3H3,(H,23,24)(H2,20,21,22). The molecule has 130 valence electrons. The number of aryl methyl sites for hydroxylation is 3. The minimum absolute atomic E-state index is 0.709. The molecule has 5 heteroatoms. The van der Waals surface area contributed by atoms with Gasteiger partial charge in [0, 0.05) is 18.8 Å². The van der Waals surface area contributed by atoms with Gasteiger partial charge in [0.1, 0.15) is 0 Å². The van der Waals surface area contributed by atoms with E-state index >= 15 is 0 Å². The fraction of sp³-hybridized carbons (Fsp3) is 0.474. The molecule has 0 unspecified atom stereocenters. The Hall–Kier alpha value is -2.30.